The Hall–Kier alpha value is -2.53. The third kappa shape index (κ3) is 6.04. The Kier molecular flexibility index (Phi) is 8.19. The summed E-state index contributed by atoms with van der Waals surface area (Å²) in [6, 6.07) is 11.1. The number of halogens is 1. The number of benzene rings is 2. The molecule has 0 spiro atoms. The molecule has 3 rings (SSSR count). The van der Waals surface area contributed by atoms with Crippen molar-refractivity contribution >= 4 is 15.9 Å². The van der Waals surface area contributed by atoms with Gasteiger partial charge in [-0.15, -0.1) is 0 Å². The zero-order valence-corrected chi connectivity index (χ0v) is 18.5. The maximum atomic E-state index is 13.7. The van der Waals surface area contributed by atoms with Gasteiger partial charge in [-0.05, 0) is 55.7 Å². The smallest absolute Gasteiger partial charge is 0.254 e. The molecule has 0 bridgehead atoms. The van der Waals surface area contributed by atoms with Gasteiger partial charge in [0.05, 0.1) is 42.4 Å². The second-order valence-electron chi connectivity index (χ2n) is 7.48. The zero-order chi connectivity index (χ0) is 23.1. The van der Waals surface area contributed by atoms with Crippen molar-refractivity contribution in [1.82, 2.24) is 10.0 Å². The van der Waals surface area contributed by atoms with Crippen LogP contribution in [-0.2, 0) is 14.8 Å². The summed E-state index contributed by atoms with van der Waals surface area (Å²) in [7, 11) is -2.30. The van der Waals surface area contributed by atoms with Crippen LogP contribution < -0.4 is 14.8 Å². The summed E-state index contributed by atoms with van der Waals surface area (Å²) in [6.07, 6.45) is 0.474. The quantitative estimate of drug-likeness (QED) is 0.520. The summed E-state index contributed by atoms with van der Waals surface area (Å²) in [5.74, 6) is -0.558. The summed E-state index contributed by atoms with van der Waals surface area (Å²) in [5, 5.41) is 12.4. The highest BCUT2D eigenvalue weighted by Crippen LogP contribution is 2.24. The van der Waals surface area contributed by atoms with Crippen LogP contribution in [0.4, 0.5) is 4.39 Å². The van der Waals surface area contributed by atoms with E-state index in [0.29, 0.717) is 25.0 Å². The molecule has 3 atom stereocenters. The number of methoxy groups -OCH3 is 1. The minimum Gasteiger partial charge on any atom is -0.497 e. The van der Waals surface area contributed by atoms with Crippen molar-refractivity contribution in [1.29, 1.82) is 0 Å². The third-order valence-corrected chi connectivity index (χ3v) is 6.85. The highest BCUT2D eigenvalue weighted by Gasteiger charge is 2.34. The maximum Gasteiger partial charge on any atom is 0.254 e. The minimum absolute atomic E-state index is 0.0294. The van der Waals surface area contributed by atoms with Crippen LogP contribution in [0.25, 0.3) is 0 Å². The van der Waals surface area contributed by atoms with E-state index in [1.54, 1.807) is 18.2 Å². The molecule has 1 aliphatic rings. The Morgan fingerprint density at radius 1 is 1.19 bits per heavy atom. The van der Waals surface area contributed by atoms with Crippen molar-refractivity contribution in [2.24, 2.45) is 0 Å². The van der Waals surface area contributed by atoms with E-state index in [2.05, 4.69) is 10.0 Å². The summed E-state index contributed by atoms with van der Waals surface area (Å²) in [5.41, 5.74) is -0.0294. The van der Waals surface area contributed by atoms with Crippen LogP contribution in [0.2, 0.25) is 0 Å². The number of amides is 1. The van der Waals surface area contributed by atoms with E-state index < -0.39 is 33.9 Å². The average molecular weight is 467 g/mol. The fourth-order valence-corrected chi connectivity index (χ4v) is 4.89. The Bertz CT molecular complexity index is 1020. The fraction of sp³-hybridized carbons (Fsp3) is 0.409. The lowest BCUT2D eigenvalue weighted by atomic mass is 9.98. The van der Waals surface area contributed by atoms with Crippen LogP contribution in [0.5, 0.6) is 5.75 Å². The van der Waals surface area contributed by atoms with Gasteiger partial charge in [-0.2, -0.15) is 0 Å². The van der Waals surface area contributed by atoms with E-state index >= 15 is 0 Å². The molecular formula is C22H27FN2O6S. The number of rotatable bonds is 9. The van der Waals surface area contributed by atoms with E-state index in [1.165, 1.54) is 37.4 Å². The Balaban J connectivity index is 1.52. The molecule has 8 nitrogen and oxygen atoms in total. The first-order valence-electron chi connectivity index (χ1n) is 10.3. The topological polar surface area (TPSA) is 114 Å². The van der Waals surface area contributed by atoms with Crippen LogP contribution in [0.1, 0.15) is 29.6 Å². The Morgan fingerprint density at radius 2 is 1.91 bits per heavy atom. The monoisotopic (exact) mass is 466 g/mol. The molecule has 1 fully saturated rings. The molecule has 2 aromatic rings. The molecule has 0 aromatic heterocycles. The second-order valence-corrected chi connectivity index (χ2v) is 9.20. The van der Waals surface area contributed by atoms with E-state index in [9.17, 15) is 22.7 Å². The number of hydrogen-bond donors (Lipinski definition) is 3. The molecule has 0 radical (unpaired) electrons. The molecule has 32 heavy (non-hydrogen) atoms. The molecule has 0 unspecified atom stereocenters. The second kappa shape index (κ2) is 10.9. The number of aliphatic hydroxyl groups excluding tert-OH is 1. The number of carbonyl (C=O) groups excluding carboxylic acids is 1. The highest BCUT2D eigenvalue weighted by atomic mass is 32.2. The summed E-state index contributed by atoms with van der Waals surface area (Å²) >= 11 is 0. The van der Waals surface area contributed by atoms with Crippen molar-refractivity contribution in [3.05, 3.63) is 59.9 Å². The number of sulfonamides is 1. The molecule has 1 amide bonds. The van der Waals surface area contributed by atoms with Crippen molar-refractivity contribution in [2.45, 2.75) is 42.4 Å². The molecule has 10 heteroatoms. The first-order valence-corrected chi connectivity index (χ1v) is 11.8. The third-order valence-electron chi connectivity index (χ3n) is 5.34. The molecule has 3 N–H and O–H groups in total. The minimum atomic E-state index is -3.80. The average Bonchev–Trinajstić information content (AvgIpc) is 2.80. The standard InChI is InChI=1S/C22H27FN2O6S/c1-30-15-6-9-17(10-7-15)32(28,29)25-20-11-8-16(31-21(20)14-26)12-13-24-22(27)18-4-2-3-5-19(18)23/h2-7,9-10,16,20-21,25-26H,8,11-14H2,1H3,(H,24,27)/t16-,20+,21+/m1/s1. The van der Waals surface area contributed by atoms with Crippen LogP contribution in [0.3, 0.4) is 0 Å². The summed E-state index contributed by atoms with van der Waals surface area (Å²) in [4.78, 5) is 12.2. The summed E-state index contributed by atoms with van der Waals surface area (Å²) < 4.78 is 52.6. The van der Waals surface area contributed by atoms with E-state index in [4.69, 9.17) is 9.47 Å². The van der Waals surface area contributed by atoms with Crippen LogP contribution in [0, 0.1) is 5.82 Å². The van der Waals surface area contributed by atoms with Gasteiger partial charge < -0.3 is 19.9 Å². The fourth-order valence-electron chi connectivity index (χ4n) is 3.59. The van der Waals surface area contributed by atoms with E-state index in [0.717, 1.165) is 0 Å². The largest absolute Gasteiger partial charge is 0.497 e. The number of ether oxygens (including phenoxy) is 2. The molecule has 174 valence electrons. The molecule has 1 heterocycles. The van der Waals surface area contributed by atoms with Crippen LogP contribution in [-0.4, -0.2) is 57.9 Å². The predicted molar refractivity (Wildman–Crippen MR) is 115 cm³/mol. The molecule has 2 aromatic carbocycles. The van der Waals surface area contributed by atoms with Crippen molar-refractivity contribution in [3.8, 4) is 5.75 Å². The molecular weight excluding hydrogens is 439 g/mol. The number of aliphatic hydroxyl groups is 1. The van der Waals surface area contributed by atoms with E-state index in [1.807, 2.05) is 0 Å². The van der Waals surface area contributed by atoms with Crippen LogP contribution >= 0.6 is 0 Å². The number of hydrogen-bond acceptors (Lipinski definition) is 6. The lowest BCUT2D eigenvalue weighted by molar-refractivity contribution is -0.0871. The van der Waals surface area contributed by atoms with Crippen LogP contribution in [0.15, 0.2) is 53.4 Å². The lowest BCUT2D eigenvalue weighted by Gasteiger charge is -2.36. The normalized spacial score (nSPS) is 21.2. The van der Waals surface area contributed by atoms with Crippen molar-refractivity contribution in [3.63, 3.8) is 0 Å². The number of carbonyl (C=O) groups is 1. The van der Waals surface area contributed by atoms with Gasteiger partial charge in [0.2, 0.25) is 10.0 Å². The summed E-state index contributed by atoms with van der Waals surface area (Å²) in [6.45, 7) is -0.0912. The number of nitrogens with one attached hydrogen (secondary N) is 2. The van der Waals surface area contributed by atoms with Gasteiger partial charge in [-0.1, -0.05) is 12.1 Å². The van der Waals surface area contributed by atoms with Gasteiger partial charge >= 0.3 is 0 Å². The predicted octanol–water partition coefficient (Wildman–Crippen LogP) is 1.84. The van der Waals surface area contributed by atoms with Gasteiger partial charge in [0.1, 0.15) is 11.6 Å². The molecule has 1 aliphatic heterocycles. The van der Waals surface area contributed by atoms with Gasteiger partial charge in [0, 0.05) is 6.54 Å². The lowest BCUT2D eigenvalue weighted by Crippen LogP contribution is -2.51. The zero-order valence-electron chi connectivity index (χ0n) is 17.7. The first kappa shape index (κ1) is 24.1. The first-order chi connectivity index (χ1) is 15.3. The van der Waals surface area contributed by atoms with Crippen molar-refractivity contribution < 1.29 is 32.2 Å². The highest BCUT2D eigenvalue weighted by molar-refractivity contribution is 7.89. The Labute approximate surface area is 186 Å². The SMILES string of the molecule is COc1ccc(S(=O)(=O)N[C@H]2CC[C@H](CCNC(=O)c3ccccc3F)O[C@H]2CO)cc1. The van der Waals surface area contributed by atoms with Gasteiger partial charge in [0.15, 0.2) is 0 Å². The maximum absolute atomic E-state index is 13.7. The van der Waals surface area contributed by atoms with E-state index in [-0.39, 0.29) is 29.7 Å². The molecule has 0 aliphatic carbocycles. The van der Waals surface area contributed by atoms with Gasteiger partial charge in [-0.25, -0.2) is 17.5 Å². The van der Waals surface area contributed by atoms with Gasteiger partial charge in [-0.3, -0.25) is 4.79 Å². The Morgan fingerprint density at radius 3 is 2.56 bits per heavy atom. The molecule has 1 saturated heterocycles. The van der Waals surface area contributed by atoms with Gasteiger partial charge in [0.25, 0.3) is 5.91 Å². The molecule has 0 saturated carbocycles. The van der Waals surface area contributed by atoms with Crippen molar-refractivity contribution in [2.75, 3.05) is 20.3 Å².